The van der Waals surface area contributed by atoms with Crippen molar-refractivity contribution in [3.8, 4) is 6.07 Å². The first-order valence-corrected chi connectivity index (χ1v) is 9.28. The van der Waals surface area contributed by atoms with Gasteiger partial charge in [-0.2, -0.15) is 5.26 Å². The lowest BCUT2D eigenvalue weighted by Gasteiger charge is -2.22. The molecule has 0 bridgehead atoms. The molecule has 132 valence electrons. The van der Waals surface area contributed by atoms with Crippen LogP contribution in [0.5, 0.6) is 0 Å². The zero-order chi connectivity index (χ0) is 18.3. The monoisotopic (exact) mass is 367 g/mol. The van der Waals surface area contributed by atoms with Crippen LogP contribution in [0.2, 0.25) is 0 Å². The normalized spacial score (nSPS) is 13.7. The molecule has 26 heavy (non-hydrogen) atoms. The van der Waals surface area contributed by atoms with Crippen LogP contribution in [-0.2, 0) is 17.8 Å². The van der Waals surface area contributed by atoms with Crippen LogP contribution in [0.25, 0.3) is 5.65 Å². The van der Waals surface area contributed by atoms with E-state index in [4.69, 9.17) is 5.26 Å². The smallest absolute Gasteiger partial charge is 0.276 e. The van der Waals surface area contributed by atoms with Crippen molar-refractivity contribution in [3.63, 3.8) is 0 Å². The molecule has 1 saturated carbocycles. The number of hydrogen-bond acceptors (Lipinski definition) is 5. The molecule has 3 aromatic heterocycles. The maximum Gasteiger partial charge on any atom is 0.276 e. The summed E-state index contributed by atoms with van der Waals surface area (Å²) in [5.41, 5.74) is 1.14. The van der Waals surface area contributed by atoms with Gasteiger partial charge in [0.25, 0.3) is 5.56 Å². The number of nitriles is 1. The molecular weight excluding hydrogens is 350 g/mol. The van der Waals surface area contributed by atoms with Crippen molar-refractivity contribution >= 4 is 22.9 Å². The Kier molecular flexibility index (Phi) is 4.09. The number of aromatic amines is 1. The SMILES string of the molecule is Cc1nc2c(C#N)c[nH]n2c(=O)c1CC(=O)N(Cc1cccs1)C1CC1. The van der Waals surface area contributed by atoms with Gasteiger partial charge < -0.3 is 4.90 Å². The van der Waals surface area contributed by atoms with Crippen LogP contribution in [0.3, 0.4) is 0 Å². The summed E-state index contributed by atoms with van der Waals surface area (Å²) < 4.78 is 1.23. The minimum Gasteiger partial charge on any atom is -0.334 e. The minimum absolute atomic E-state index is 0.0173. The van der Waals surface area contributed by atoms with E-state index < -0.39 is 0 Å². The molecule has 1 aliphatic carbocycles. The highest BCUT2D eigenvalue weighted by Crippen LogP contribution is 2.29. The summed E-state index contributed by atoms with van der Waals surface area (Å²) in [5.74, 6) is -0.0603. The van der Waals surface area contributed by atoms with Crippen LogP contribution >= 0.6 is 11.3 Å². The van der Waals surface area contributed by atoms with E-state index in [0.717, 1.165) is 17.7 Å². The second-order valence-electron chi connectivity index (χ2n) is 6.45. The Morgan fingerprint density at radius 3 is 3.00 bits per heavy atom. The highest BCUT2D eigenvalue weighted by Gasteiger charge is 2.33. The average molecular weight is 367 g/mol. The van der Waals surface area contributed by atoms with E-state index in [-0.39, 0.29) is 23.9 Å². The second kappa shape index (κ2) is 6.42. The number of nitrogens with one attached hydrogen (secondary N) is 1. The first-order chi connectivity index (χ1) is 12.6. The highest BCUT2D eigenvalue weighted by atomic mass is 32.1. The molecule has 0 spiro atoms. The third-order valence-corrected chi connectivity index (χ3v) is 5.49. The third-order valence-electron chi connectivity index (χ3n) is 4.63. The van der Waals surface area contributed by atoms with E-state index in [1.807, 2.05) is 28.5 Å². The number of aromatic nitrogens is 3. The van der Waals surface area contributed by atoms with Gasteiger partial charge in [-0.3, -0.25) is 14.7 Å². The van der Waals surface area contributed by atoms with Gasteiger partial charge in [-0.25, -0.2) is 9.50 Å². The van der Waals surface area contributed by atoms with E-state index in [2.05, 4.69) is 10.1 Å². The number of carbonyl (C=O) groups excluding carboxylic acids is 1. The standard InChI is InChI=1S/C18H17N5O2S/c1-11-15(18(25)23-17(21-11)12(8-19)9-20-23)7-16(24)22(13-4-5-13)10-14-3-2-6-26-14/h2-3,6,9,13,20H,4-5,7,10H2,1H3. The molecule has 0 aliphatic heterocycles. The number of fused-ring (bicyclic) bond motifs is 1. The molecule has 1 fully saturated rings. The van der Waals surface area contributed by atoms with Gasteiger partial charge in [0, 0.05) is 28.4 Å². The number of H-pyrrole nitrogens is 1. The van der Waals surface area contributed by atoms with Gasteiger partial charge in [0.05, 0.1) is 13.0 Å². The molecule has 0 saturated heterocycles. The van der Waals surface area contributed by atoms with Gasteiger partial charge in [-0.05, 0) is 31.2 Å². The van der Waals surface area contributed by atoms with Crippen molar-refractivity contribution in [1.29, 1.82) is 5.26 Å². The summed E-state index contributed by atoms with van der Waals surface area (Å²) in [6.45, 7) is 2.29. The van der Waals surface area contributed by atoms with Crippen LogP contribution < -0.4 is 5.56 Å². The first-order valence-electron chi connectivity index (χ1n) is 8.40. The van der Waals surface area contributed by atoms with Gasteiger partial charge in [-0.15, -0.1) is 11.3 Å². The molecular formula is C18H17N5O2S. The maximum absolute atomic E-state index is 12.9. The Balaban J connectivity index is 1.64. The van der Waals surface area contributed by atoms with E-state index >= 15 is 0 Å². The molecule has 7 nitrogen and oxygen atoms in total. The Hall–Kier alpha value is -2.92. The second-order valence-corrected chi connectivity index (χ2v) is 7.48. The number of aryl methyl sites for hydroxylation is 1. The van der Waals surface area contributed by atoms with Crippen molar-refractivity contribution in [2.24, 2.45) is 0 Å². The fraction of sp³-hybridized carbons (Fsp3) is 0.333. The van der Waals surface area contributed by atoms with Crippen LogP contribution in [-0.4, -0.2) is 31.4 Å². The molecule has 3 aromatic rings. The van der Waals surface area contributed by atoms with E-state index in [0.29, 0.717) is 29.0 Å². The summed E-state index contributed by atoms with van der Waals surface area (Å²) in [6, 6.07) is 6.26. The van der Waals surface area contributed by atoms with Crippen LogP contribution in [0.15, 0.2) is 28.5 Å². The molecule has 8 heteroatoms. The van der Waals surface area contributed by atoms with Crippen LogP contribution in [0.4, 0.5) is 0 Å². The minimum atomic E-state index is -0.325. The lowest BCUT2D eigenvalue weighted by Crippen LogP contribution is -2.35. The van der Waals surface area contributed by atoms with Gasteiger partial charge in [0.15, 0.2) is 5.65 Å². The lowest BCUT2D eigenvalue weighted by atomic mass is 10.1. The molecule has 1 aliphatic rings. The number of nitrogens with zero attached hydrogens (tertiary/aromatic N) is 4. The Bertz CT molecular complexity index is 1070. The fourth-order valence-electron chi connectivity index (χ4n) is 3.07. The summed E-state index contributed by atoms with van der Waals surface area (Å²) in [4.78, 5) is 33.0. The third kappa shape index (κ3) is 2.91. The van der Waals surface area contributed by atoms with E-state index in [1.54, 1.807) is 18.3 Å². The topological polar surface area (TPSA) is 94.3 Å². The number of thiophene rings is 1. The molecule has 0 unspecified atom stereocenters. The molecule has 0 atom stereocenters. The van der Waals surface area contributed by atoms with Crippen molar-refractivity contribution in [2.45, 2.75) is 38.8 Å². The zero-order valence-electron chi connectivity index (χ0n) is 14.2. The largest absolute Gasteiger partial charge is 0.334 e. The van der Waals surface area contributed by atoms with Gasteiger partial charge in [-0.1, -0.05) is 6.07 Å². The summed E-state index contributed by atoms with van der Waals surface area (Å²) in [6.07, 6.45) is 3.48. The Morgan fingerprint density at radius 2 is 2.35 bits per heavy atom. The van der Waals surface area contributed by atoms with Gasteiger partial charge in [0.1, 0.15) is 11.6 Å². The Morgan fingerprint density at radius 1 is 1.54 bits per heavy atom. The molecule has 0 radical (unpaired) electrons. The average Bonchev–Trinajstić information content (AvgIpc) is 3.17. The van der Waals surface area contributed by atoms with Crippen molar-refractivity contribution in [2.75, 3.05) is 0 Å². The Labute approximate surface area is 153 Å². The van der Waals surface area contributed by atoms with Crippen LogP contribution in [0.1, 0.15) is 34.5 Å². The van der Waals surface area contributed by atoms with Crippen molar-refractivity contribution < 1.29 is 4.79 Å². The number of carbonyl (C=O) groups is 1. The lowest BCUT2D eigenvalue weighted by molar-refractivity contribution is -0.131. The maximum atomic E-state index is 12.9. The molecule has 1 amide bonds. The number of rotatable bonds is 5. The quantitative estimate of drug-likeness (QED) is 0.746. The summed E-state index contributed by atoms with van der Waals surface area (Å²) in [7, 11) is 0. The van der Waals surface area contributed by atoms with Crippen molar-refractivity contribution in [1.82, 2.24) is 19.5 Å². The molecule has 1 N–H and O–H groups in total. The predicted molar refractivity (Wildman–Crippen MR) is 96.9 cm³/mol. The van der Waals surface area contributed by atoms with E-state index in [9.17, 15) is 9.59 Å². The first kappa shape index (κ1) is 16.5. The van der Waals surface area contributed by atoms with Crippen molar-refractivity contribution in [3.05, 3.63) is 55.8 Å². The van der Waals surface area contributed by atoms with Gasteiger partial charge in [0.2, 0.25) is 5.91 Å². The summed E-state index contributed by atoms with van der Waals surface area (Å²) >= 11 is 1.63. The number of amides is 1. The summed E-state index contributed by atoms with van der Waals surface area (Å²) in [5, 5.41) is 13.8. The predicted octanol–water partition coefficient (Wildman–Crippen LogP) is 2.00. The highest BCUT2D eigenvalue weighted by molar-refractivity contribution is 7.09. The number of hydrogen-bond donors (Lipinski definition) is 1. The van der Waals surface area contributed by atoms with E-state index in [1.165, 1.54) is 10.7 Å². The fourth-order valence-corrected chi connectivity index (χ4v) is 3.78. The van der Waals surface area contributed by atoms with Crippen LogP contribution in [0, 0.1) is 18.3 Å². The molecule has 3 heterocycles. The molecule has 4 rings (SSSR count). The molecule has 0 aromatic carbocycles. The zero-order valence-corrected chi connectivity index (χ0v) is 15.0. The van der Waals surface area contributed by atoms with Gasteiger partial charge >= 0.3 is 0 Å².